The second-order valence-electron chi connectivity index (χ2n) is 2.55. The van der Waals surface area contributed by atoms with Gasteiger partial charge in [-0.1, -0.05) is 6.92 Å². The van der Waals surface area contributed by atoms with Crippen molar-refractivity contribution in [2.75, 3.05) is 12.3 Å². The van der Waals surface area contributed by atoms with E-state index in [-0.39, 0.29) is 11.3 Å². The van der Waals surface area contributed by atoms with E-state index in [1.54, 1.807) is 11.8 Å². The fraction of sp³-hybridized carbons (Fsp3) is 0.857. The van der Waals surface area contributed by atoms with E-state index in [4.69, 9.17) is 5.11 Å². The molecule has 11 heavy (non-hydrogen) atoms. The molecule has 1 aliphatic heterocycles. The van der Waals surface area contributed by atoms with Crippen LogP contribution in [0.1, 0.15) is 13.3 Å². The van der Waals surface area contributed by atoms with E-state index >= 15 is 0 Å². The lowest BCUT2D eigenvalue weighted by atomic mass is 10.2. The third-order valence-electron chi connectivity index (χ3n) is 1.81. The molecule has 64 valence electrons. The minimum Gasteiger partial charge on any atom is -0.480 e. The van der Waals surface area contributed by atoms with Crippen LogP contribution in [-0.2, 0) is 4.79 Å². The van der Waals surface area contributed by atoms with Crippen molar-refractivity contribution in [3.63, 3.8) is 0 Å². The van der Waals surface area contributed by atoms with Gasteiger partial charge < -0.3 is 10.4 Å². The van der Waals surface area contributed by atoms with Crippen molar-refractivity contribution in [2.45, 2.75) is 24.6 Å². The van der Waals surface area contributed by atoms with Crippen LogP contribution in [0.2, 0.25) is 0 Å². The van der Waals surface area contributed by atoms with E-state index in [1.165, 1.54) is 0 Å². The first-order valence-electron chi connectivity index (χ1n) is 3.83. The molecule has 0 radical (unpaired) electrons. The molecule has 3 nitrogen and oxygen atoms in total. The van der Waals surface area contributed by atoms with Crippen molar-refractivity contribution in [1.29, 1.82) is 0 Å². The fourth-order valence-corrected chi connectivity index (χ4v) is 2.44. The van der Waals surface area contributed by atoms with Gasteiger partial charge in [0.2, 0.25) is 0 Å². The maximum Gasteiger partial charge on any atom is 0.321 e. The van der Waals surface area contributed by atoms with E-state index in [0.29, 0.717) is 0 Å². The van der Waals surface area contributed by atoms with Crippen molar-refractivity contribution in [3.05, 3.63) is 0 Å². The zero-order chi connectivity index (χ0) is 8.27. The molecule has 2 N–H and O–H groups in total. The van der Waals surface area contributed by atoms with Crippen molar-refractivity contribution in [2.24, 2.45) is 0 Å². The Kier molecular flexibility index (Phi) is 3.20. The van der Waals surface area contributed by atoms with Crippen LogP contribution in [0.15, 0.2) is 0 Å². The zero-order valence-electron chi connectivity index (χ0n) is 6.54. The van der Waals surface area contributed by atoms with Crippen LogP contribution in [0, 0.1) is 0 Å². The molecule has 1 aliphatic rings. The zero-order valence-corrected chi connectivity index (χ0v) is 7.36. The minimum atomic E-state index is -0.714. The van der Waals surface area contributed by atoms with E-state index in [9.17, 15) is 4.79 Å². The van der Waals surface area contributed by atoms with Gasteiger partial charge in [0.1, 0.15) is 6.04 Å². The average Bonchev–Trinajstić information content (AvgIpc) is 2.36. The Labute approximate surface area is 70.6 Å². The van der Waals surface area contributed by atoms with Gasteiger partial charge in [0.15, 0.2) is 0 Å². The van der Waals surface area contributed by atoms with Gasteiger partial charge in [0.05, 0.1) is 0 Å². The van der Waals surface area contributed by atoms with Crippen LogP contribution in [0.25, 0.3) is 0 Å². The Hall–Kier alpha value is -0.220. The molecule has 0 saturated carbocycles. The molecule has 0 aromatic rings. The van der Waals surface area contributed by atoms with Gasteiger partial charge in [-0.15, -0.1) is 0 Å². The molecule has 0 aliphatic carbocycles. The summed E-state index contributed by atoms with van der Waals surface area (Å²) in [4.78, 5) is 10.6. The molecular weight excluding hydrogens is 162 g/mol. The lowest BCUT2D eigenvalue weighted by molar-refractivity contribution is -0.138. The Morgan fingerprint density at radius 3 is 3.09 bits per heavy atom. The molecule has 0 aromatic carbocycles. The molecule has 0 bridgehead atoms. The molecule has 2 atom stereocenters. The lowest BCUT2D eigenvalue weighted by Crippen LogP contribution is -2.36. The minimum absolute atomic E-state index is 0.275. The highest BCUT2D eigenvalue weighted by molar-refractivity contribution is 7.99. The summed E-state index contributed by atoms with van der Waals surface area (Å²) in [6.07, 6.45) is 0.982. The first-order valence-corrected chi connectivity index (χ1v) is 4.88. The summed E-state index contributed by atoms with van der Waals surface area (Å²) in [5.74, 6) is 0.282. The summed E-state index contributed by atoms with van der Waals surface area (Å²) >= 11 is 1.73. The molecule has 1 fully saturated rings. The highest BCUT2D eigenvalue weighted by atomic mass is 32.2. The van der Waals surface area contributed by atoms with Crippen molar-refractivity contribution in [1.82, 2.24) is 5.32 Å². The van der Waals surface area contributed by atoms with Crippen LogP contribution in [0.4, 0.5) is 0 Å². The smallest absolute Gasteiger partial charge is 0.321 e. The van der Waals surface area contributed by atoms with Crippen LogP contribution in [-0.4, -0.2) is 34.7 Å². The monoisotopic (exact) mass is 175 g/mol. The number of carbonyl (C=O) groups is 1. The Bertz CT molecular complexity index is 151. The number of aliphatic carboxylic acids is 1. The largest absolute Gasteiger partial charge is 0.480 e. The average molecular weight is 175 g/mol. The maximum absolute atomic E-state index is 10.6. The highest BCUT2D eigenvalue weighted by Crippen LogP contribution is 2.22. The molecule has 0 amide bonds. The third kappa shape index (κ3) is 2.10. The van der Waals surface area contributed by atoms with Gasteiger partial charge in [0, 0.05) is 5.25 Å². The quantitative estimate of drug-likeness (QED) is 0.658. The van der Waals surface area contributed by atoms with Gasteiger partial charge in [-0.2, -0.15) is 11.8 Å². The summed E-state index contributed by atoms with van der Waals surface area (Å²) in [7, 11) is 0. The summed E-state index contributed by atoms with van der Waals surface area (Å²) in [5, 5.41) is 12.0. The normalized spacial score (nSPS) is 30.6. The number of carboxylic acid groups (broad SMARTS) is 1. The lowest BCUT2D eigenvalue weighted by Gasteiger charge is -2.13. The van der Waals surface area contributed by atoms with Gasteiger partial charge >= 0.3 is 5.97 Å². The van der Waals surface area contributed by atoms with E-state index in [1.807, 2.05) is 0 Å². The fourth-order valence-electron chi connectivity index (χ4n) is 1.32. The predicted molar refractivity (Wildman–Crippen MR) is 46.0 cm³/mol. The maximum atomic E-state index is 10.6. The number of carboxylic acids is 1. The van der Waals surface area contributed by atoms with Crippen molar-refractivity contribution >= 4 is 17.7 Å². The van der Waals surface area contributed by atoms with E-state index in [0.717, 1.165) is 18.7 Å². The molecule has 0 aromatic heterocycles. The number of nitrogens with one attached hydrogen (secondary N) is 1. The summed E-state index contributed by atoms with van der Waals surface area (Å²) in [5.41, 5.74) is 0. The van der Waals surface area contributed by atoms with Crippen LogP contribution >= 0.6 is 11.8 Å². The van der Waals surface area contributed by atoms with E-state index in [2.05, 4.69) is 12.2 Å². The second-order valence-corrected chi connectivity index (χ2v) is 4.07. The number of thioether (sulfide) groups is 1. The molecule has 1 heterocycles. The molecule has 4 heteroatoms. The first-order chi connectivity index (χ1) is 5.25. The number of hydrogen-bond acceptors (Lipinski definition) is 3. The highest BCUT2D eigenvalue weighted by Gasteiger charge is 2.31. The van der Waals surface area contributed by atoms with Crippen molar-refractivity contribution in [3.8, 4) is 0 Å². The first kappa shape index (κ1) is 8.87. The summed E-state index contributed by atoms with van der Waals surface area (Å²) in [6, 6.07) is -0.319. The summed E-state index contributed by atoms with van der Waals surface area (Å²) in [6.45, 7) is 2.90. The molecule has 1 rings (SSSR count). The van der Waals surface area contributed by atoms with Gasteiger partial charge in [-0.3, -0.25) is 4.79 Å². The topological polar surface area (TPSA) is 49.3 Å². The molecule has 0 spiro atoms. The Balaban J connectivity index is 2.44. The van der Waals surface area contributed by atoms with Gasteiger partial charge in [-0.05, 0) is 18.7 Å². The van der Waals surface area contributed by atoms with Crippen molar-refractivity contribution < 1.29 is 9.90 Å². The predicted octanol–water partition coefficient (Wildman–Crippen LogP) is 0.555. The standard InChI is InChI=1S/C7H13NO2S/c1-2-11-5-3-4-8-6(5)7(9)10/h5-6,8H,2-4H2,1H3,(H,9,10)/t5-,6-/m1/s1. The second kappa shape index (κ2) is 3.97. The number of hydrogen-bond donors (Lipinski definition) is 2. The Morgan fingerprint density at radius 2 is 2.55 bits per heavy atom. The summed E-state index contributed by atoms with van der Waals surface area (Å²) < 4.78 is 0. The third-order valence-corrected chi connectivity index (χ3v) is 3.08. The number of rotatable bonds is 3. The Morgan fingerprint density at radius 1 is 1.82 bits per heavy atom. The molecular formula is C7H13NO2S. The van der Waals surface area contributed by atoms with Crippen LogP contribution in [0.3, 0.4) is 0 Å². The molecule has 0 unspecified atom stereocenters. The van der Waals surface area contributed by atoms with Gasteiger partial charge in [0.25, 0.3) is 0 Å². The van der Waals surface area contributed by atoms with Gasteiger partial charge in [-0.25, -0.2) is 0 Å². The van der Waals surface area contributed by atoms with Crippen LogP contribution in [0.5, 0.6) is 0 Å². The van der Waals surface area contributed by atoms with Crippen LogP contribution < -0.4 is 5.32 Å². The van der Waals surface area contributed by atoms with E-state index < -0.39 is 5.97 Å². The molecule has 1 saturated heterocycles. The SMILES string of the molecule is CCS[C@@H]1CCN[C@H]1C(=O)O.